The van der Waals surface area contributed by atoms with Crippen LogP contribution in [-0.2, 0) is 0 Å². The maximum absolute atomic E-state index is 13.2. The molecule has 2 aromatic carbocycles. The van der Waals surface area contributed by atoms with Crippen molar-refractivity contribution in [2.24, 2.45) is 5.73 Å². The zero-order chi connectivity index (χ0) is 14.2. The van der Waals surface area contributed by atoms with Gasteiger partial charge in [0, 0.05) is 11.3 Å². The molecule has 5 heteroatoms. The van der Waals surface area contributed by atoms with Crippen molar-refractivity contribution in [3.8, 4) is 11.1 Å². The first kappa shape index (κ1) is 13.0. The van der Waals surface area contributed by atoms with E-state index in [4.69, 9.17) is 11.5 Å². The van der Waals surface area contributed by atoms with E-state index >= 15 is 0 Å². The topological polar surface area (TPSA) is 69.1 Å². The average molecular weight is 262 g/mol. The number of amides is 1. The second-order valence-corrected chi connectivity index (χ2v) is 4.23. The number of carbonyl (C=O) groups is 1. The van der Waals surface area contributed by atoms with E-state index in [9.17, 15) is 13.6 Å². The second kappa shape index (κ2) is 4.68. The van der Waals surface area contributed by atoms with Crippen LogP contribution in [0.3, 0.4) is 0 Å². The maximum Gasteiger partial charge on any atom is 0.249 e. The molecular formula is C14H12F2N2O. The zero-order valence-electron chi connectivity index (χ0n) is 10.2. The smallest absolute Gasteiger partial charge is 0.249 e. The molecule has 2 rings (SSSR count). The summed E-state index contributed by atoms with van der Waals surface area (Å²) in [7, 11) is 0. The van der Waals surface area contributed by atoms with Crippen LogP contribution in [0.25, 0.3) is 11.1 Å². The van der Waals surface area contributed by atoms with Crippen molar-refractivity contribution in [3.05, 3.63) is 53.1 Å². The van der Waals surface area contributed by atoms with E-state index in [1.807, 2.05) is 0 Å². The van der Waals surface area contributed by atoms with Gasteiger partial charge in [0.25, 0.3) is 0 Å². The van der Waals surface area contributed by atoms with Crippen LogP contribution in [0.5, 0.6) is 0 Å². The highest BCUT2D eigenvalue weighted by Crippen LogP contribution is 2.27. The number of halogens is 2. The molecule has 0 unspecified atom stereocenters. The number of benzene rings is 2. The fraction of sp³-hybridized carbons (Fsp3) is 0.0714. The lowest BCUT2D eigenvalue weighted by molar-refractivity contribution is 0.1000. The summed E-state index contributed by atoms with van der Waals surface area (Å²) in [6.45, 7) is 1.67. The lowest BCUT2D eigenvalue weighted by Gasteiger charge is -2.10. The van der Waals surface area contributed by atoms with Gasteiger partial charge in [0.1, 0.15) is 0 Å². The Morgan fingerprint density at radius 3 is 2.32 bits per heavy atom. The molecule has 0 saturated heterocycles. The first-order valence-corrected chi connectivity index (χ1v) is 5.55. The first-order chi connectivity index (χ1) is 8.90. The molecule has 0 bridgehead atoms. The monoisotopic (exact) mass is 262 g/mol. The molecule has 0 fully saturated rings. The molecule has 0 atom stereocenters. The summed E-state index contributed by atoms with van der Waals surface area (Å²) in [6, 6.07) is 6.58. The molecule has 1 amide bonds. The highest BCUT2D eigenvalue weighted by atomic mass is 19.2. The molecule has 0 saturated carbocycles. The summed E-state index contributed by atoms with van der Waals surface area (Å²) >= 11 is 0. The summed E-state index contributed by atoms with van der Waals surface area (Å²) in [5.41, 5.74) is 13.2. The van der Waals surface area contributed by atoms with Crippen LogP contribution in [0.4, 0.5) is 14.5 Å². The molecular weight excluding hydrogens is 250 g/mol. The molecule has 4 N–H and O–H groups in total. The molecule has 0 spiro atoms. The van der Waals surface area contributed by atoms with E-state index in [1.54, 1.807) is 13.0 Å². The van der Waals surface area contributed by atoms with Gasteiger partial charge < -0.3 is 11.5 Å². The molecule has 0 aromatic heterocycles. The SMILES string of the molecule is Cc1c(N)cc(-c2ccc(F)c(F)c2)cc1C(N)=O. The van der Waals surface area contributed by atoms with Crippen molar-refractivity contribution in [2.75, 3.05) is 5.73 Å². The number of carbonyl (C=O) groups excluding carboxylic acids is 1. The minimum absolute atomic E-state index is 0.264. The Morgan fingerprint density at radius 2 is 1.74 bits per heavy atom. The normalized spacial score (nSPS) is 10.5. The van der Waals surface area contributed by atoms with Gasteiger partial charge in [-0.05, 0) is 47.9 Å². The van der Waals surface area contributed by atoms with Gasteiger partial charge in [-0.2, -0.15) is 0 Å². The van der Waals surface area contributed by atoms with Gasteiger partial charge in [-0.15, -0.1) is 0 Å². The Balaban J connectivity index is 2.62. The summed E-state index contributed by atoms with van der Waals surface area (Å²) < 4.78 is 26.1. The Bertz CT molecular complexity index is 669. The number of nitrogens with two attached hydrogens (primary N) is 2. The number of hydrogen-bond donors (Lipinski definition) is 2. The van der Waals surface area contributed by atoms with Crippen LogP contribution in [0.1, 0.15) is 15.9 Å². The van der Waals surface area contributed by atoms with Gasteiger partial charge in [-0.1, -0.05) is 6.07 Å². The summed E-state index contributed by atoms with van der Waals surface area (Å²) in [6.07, 6.45) is 0. The van der Waals surface area contributed by atoms with Gasteiger partial charge in [0.15, 0.2) is 11.6 Å². The number of rotatable bonds is 2. The highest BCUT2D eigenvalue weighted by molar-refractivity contribution is 5.97. The lowest BCUT2D eigenvalue weighted by atomic mass is 9.97. The van der Waals surface area contributed by atoms with Crippen LogP contribution in [0, 0.1) is 18.6 Å². The van der Waals surface area contributed by atoms with E-state index in [1.165, 1.54) is 12.1 Å². The molecule has 0 heterocycles. The van der Waals surface area contributed by atoms with Crippen LogP contribution in [0.15, 0.2) is 30.3 Å². The van der Waals surface area contributed by atoms with Gasteiger partial charge in [0.2, 0.25) is 5.91 Å². The van der Waals surface area contributed by atoms with E-state index in [2.05, 4.69) is 0 Å². The number of primary amides is 1. The average Bonchev–Trinajstić information content (AvgIpc) is 2.35. The van der Waals surface area contributed by atoms with Crippen LogP contribution in [-0.4, -0.2) is 5.91 Å². The Labute approximate surface area is 108 Å². The van der Waals surface area contributed by atoms with Crippen molar-refractivity contribution in [1.82, 2.24) is 0 Å². The van der Waals surface area contributed by atoms with Crippen LogP contribution >= 0.6 is 0 Å². The fourth-order valence-corrected chi connectivity index (χ4v) is 1.83. The molecule has 3 nitrogen and oxygen atoms in total. The van der Waals surface area contributed by atoms with Crippen molar-refractivity contribution >= 4 is 11.6 Å². The van der Waals surface area contributed by atoms with Gasteiger partial charge in [0.05, 0.1) is 0 Å². The quantitative estimate of drug-likeness (QED) is 0.817. The highest BCUT2D eigenvalue weighted by Gasteiger charge is 2.12. The minimum atomic E-state index is -0.961. The number of hydrogen-bond acceptors (Lipinski definition) is 2. The summed E-state index contributed by atoms with van der Waals surface area (Å²) in [5, 5.41) is 0. The third-order valence-corrected chi connectivity index (χ3v) is 2.97. The van der Waals surface area contributed by atoms with Crippen molar-refractivity contribution in [2.45, 2.75) is 6.92 Å². The van der Waals surface area contributed by atoms with E-state index in [-0.39, 0.29) is 5.56 Å². The maximum atomic E-state index is 13.2. The lowest BCUT2D eigenvalue weighted by Crippen LogP contribution is -2.14. The molecule has 2 aromatic rings. The predicted octanol–water partition coefficient (Wildman–Crippen LogP) is 2.62. The Kier molecular flexibility index (Phi) is 3.21. The summed E-state index contributed by atoms with van der Waals surface area (Å²) in [4.78, 5) is 11.3. The first-order valence-electron chi connectivity index (χ1n) is 5.55. The van der Waals surface area contributed by atoms with Gasteiger partial charge in [-0.3, -0.25) is 4.79 Å². The minimum Gasteiger partial charge on any atom is -0.398 e. The van der Waals surface area contributed by atoms with Crippen molar-refractivity contribution in [3.63, 3.8) is 0 Å². The van der Waals surface area contributed by atoms with Gasteiger partial charge in [-0.25, -0.2) is 8.78 Å². The molecule has 0 radical (unpaired) electrons. The third-order valence-electron chi connectivity index (χ3n) is 2.97. The Morgan fingerprint density at radius 1 is 1.05 bits per heavy atom. The van der Waals surface area contributed by atoms with Gasteiger partial charge >= 0.3 is 0 Å². The van der Waals surface area contributed by atoms with E-state index < -0.39 is 17.5 Å². The largest absolute Gasteiger partial charge is 0.398 e. The molecule has 0 aliphatic heterocycles. The summed E-state index contributed by atoms with van der Waals surface area (Å²) in [5.74, 6) is -2.51. The van der Waals surface area contributed by atoms with E-state index in [0.717, 1.165) is 12.1 Å². The number of nitrogen functional groups attached to an aromatic ring is 1. The fourth-order valence-electron chi connectivity index (χ4n) is 1.83. The molecule has 19 heavy (non-hydrogen) atoms. The van der Waals surface area contributed by atoms with Crippen molar-refractivity contribution < 1.29 is 13.6 Å². The Hall–Kier alpha value is -2.43. The second-order valence-electron chi connectivity index (χ2n) is 4.23. The predicted molar refractivity (Wildman–Crippen MR) is 69.5 cm³/mol. The standard InChI is InChI=1S/C14H12F2N2O/c1-7-10(14(18)19)4-9(6-13(7)17)8-2-3-11(15)12(16)5-8/h2-6H,17H2,1H3,(H2,18,19). The van der Waals surface area contributed by atoms with Crippen LogP contribution in [0.2, 0.25) is 0 Å². The molecule has 98 valence electrons. The van der Waals surface area contributed by atoms with Crippen molar-refractivity contribution in [1.29, 1.82) is 0 Å². The third kappa shape index (κ3) is 2.40. The number of anilines is 1. The van der Waals surface area contributed by atoms with Crippen LogP contribution < -0.4 is 11.5 Å². The zero-order valence-corrected chi connectivity index (χ0v) is 10.2. The van der Waals surface area contributed by atoms with E-state index in [0.29, 0.717) is 22.4 Å². The molecule has 0 aliphatic carbocycles. The molecule has 0 aliphatic rings.